The molecule has 1 saturated heterocycles. The van der Waals surface area contributed by atoms with Crippen LogP contribution in [0.3, 0.4) is 0 Å². The lowest BCUT2D eigenvalue weighted by Crippen LogP contribution is -2.52. The van der Waals surface area contributed by atoms with Gasteiger partial charge in [-0.05, 0) is 77.9 Å². The summed E-state index contributed by atoms with van der Waals surface area (Å²) in [5, 5.41) is 3.50. The highest BCUT2D eigenvalue weighted by Gasteiger charge is 2.39. The van der Waals surface area contributed by atoms with Gasteiger partial charge in [0.15, 0.2) is 0 Å². The van der Waals surface area contributed by atoms with Crippen molar-refractivity contribution >= 4 is 5.97 Å². The van der Waals surface area contributed by atoms with E-state index >= 15 is 0 Å². The molecule has 1 saturated carbocycles. The number of carbonyl (C=O) groups is 1. The van der Waals surface area contributed by atoms with E-state index < -0.39 is 5.54 Å². The molecule has 1 unspecified atom stereocenters. The summed E-state index contributed by atoms with van der Waals surface area (Å²) in [4.78, 5) is 14.8. The predicted molar refractivity (Wildman–Crippen MR) is 85.3 cm³/mol. The standard InChI is InChI=1S/C17H32N2O2/c1-4-21-16(20)17(3,18-15-6-7-15)10-5-11-19-12-8-14(2)9-13-19/h14-15,18H,4-13H2,1-3H3. The summed E-state index contributed by atoms with van der Waals surface area (Å²) < 4.78 is 5.28. The Kier molecular flexibility index (Phi) is 6.06. The Morgan fingerprint density at radius 1 is 1.29 bits per heavy atom. The van der Waals surface area contributed by atoms with Gasteiger partial charge in [-0.3, -0.25) is 10.1 Å². The molecule has 122 valence electrons. The van der Waals surface area contributed by atoms with Gasteiger partial charge in [0.1, 0.15) is 5.54 Å². The van der Waals surface area contributed by atoms with Gasteiger partial charge >= 0.3 is 5.97 Å². The molecule has 1 aliphatic carbocycles. The van der Waals surface area contributed by atoms with Crippen LogP contribution in [-0.4, -0.2) is 48.7 Å². The van der Waals surface area contributed by atoms with Gasteiger partial charge < -0.3 is 9.64 Å². The fraction of sp³-hybridized carbons (Fsp3) is 0.941. The molecular weight excluding hydrogens is 264 g/mol. The minimum Gasteiger partial charge on any atom is -0.465 e. The average Bonchev–Trinajstić information content (AvgIpc) is 3.25. The number of hydrogen-bond acceptors (Lipinski definition) is 4. The highest BCUT2D eigenvalue weighted by molar-refractivity contribution is 5.80. The van der Waals surface area contributed by atoms with E-state index in [1.807, 2.05) is 13.8 Å². The Labute approximate surface area is 129 Å². The number of nitrogens with zero attached hydrogens (tertiary/aromatic N) is 1. The molecule has 2 fully saturated rings. The molecule has 1 heterocycles. The third-order valence-corrected chi connectivity index (χ3v) is 4.85. The SMILES string of the molecule is CCOC(=O)C(C)(CCCN1CCC(C)CC1)NC1CC1. The van der Waals surface area contributed by atoms with Gasteiger partial charge in [0, 0.05) is 6.04 Å². The number of ether oxygens (including phenoxy) is 1. The van der Waals surface area contributed by atoms with Gasteiger partial charge in [0.2, 0.25) is 0 Å². The van der Waals surface area contributed by atoms with Gasteiger partial charge in [-0.1, -0.05) is 6.92 Å². The zero-order chi connectivity index (χ0) is 15.3. The maximum Gasteiger partial charge on any atom is 0.326 e. The molecule has 21 heavy (non-hydrogen) atoms. The van der Waals surface area contributed by atoms with Crippen LogP contribution in [0, 0.1) is 5.92 Å². The lowest BCUT2D eigenvalue weighted by atomic mass is 9.94. The van der Waals surface area contributed by atoms with Crippen LogP contribution in [0.1, 0.15) is 59.3 Å². The van der Waals surface area contributed by atoms with Crippen molar-refractivity contribution in [2.75, 3.05) is 26.2 Å². The summed E-state index contributed by atoms with van der Waals surface area (Å²) in [6, 6.07) is 0.523. The van der Waals surface area contributed by atoms with Crippen molar-refractivity contribution in [3.8, 4) is 0 Å². The Morgan fingerprint density at radius 3 is 2.52 bits per heavy atom. The normalized spacial score (nSPS) is 23.8. The fourth-order valence-corrected chi connectivity index (χ4v) is 3.14. The predicted octanol–water partition coefficient (Wildman–Crippen LogP) is 2.57. The molecule has 0 aromatic heterocycles. The Morgan fingerprint density at radius 2 is 1.95 bits per heavy atom. The molecule has 1 aliphatic heterocycles. The van der Waals surface area contributed by atoms with Crippen LogP contribution in [0.15, 0.2) is 0 Å². The highest BCUT2D eigenvalue weighted by Crippen LogP contribution is 2.26. The van der Waals surface area contributed by atoms with Crippen LogP contribution in [0.25, 0.3) is 0 Å². The topological polar surface area (TPSA) is 41.6 Å². The third kappa shape index (κ3) is 5.26. The highest BCUT2D eigenvalue weighted by atomic mass is 16.5. The van der Waals surface area contributed by atoms with Crippen LogP contribution >= 0.6 is 0 Å². The van der Waals surface area contributed by atoms with Crippen LogP contribution in [-0.2, 0) is 9.53 Å². The molecule has 2 aliphatic rings. The molecule has 1 N–H and O–H groups in total. The third-order valence-electron chi connectivity index (χ3n) is 4.85. The summed E-state index contributed by atoms with van der Waals surface area (Å²) in [6.45, 7) is 10.2. The van der Waals surface area contributed by atoms with Crippen molar-refractivity contribution in [1.29, 1.82) is 0 Å². The molecular formula is C17H32N2O2. The van der Waals surface area contributed by atoms with Gasteiger partial charge in [0.05, 0.1) is 6.61 Å². The lowest BCUT2D eigenvalue weighted by molar-refractivity contribution is -0.151. The van der Waals surface area contributed by atoms with E-state index in [9.17, 15) is 4.79 Å². The number of likely N-dealkylation sites (tertiary alicyclic amines) is 1. The fourth-order valence-electron chi connectivity index (χ4n) is 3.14. The molecule has 0 spiro atoms. The minimum absolute atomic E-state index is 0.0795. The first-order chi connectivity index (χ1) is 10.0. The first-order valence-electron chi connectivity index (χ1n) is 8.71. The van der Waals surface area contributed by atoms with Crippen LogP contribution < -0.4 is 5.32 Å². The number of piperidine rings is 1. The molecule has 0 amide bonds. The van der Waals surface area contributed by atoms with Crippen molar-refractivity contribution in [3.05, 3.63) is 0 Å². The first kappa shape index (κ1) is 16.8. The molecule has 2 rings (SSSR count). The van der Waals surface area contributed by atoms with E-state index in [0.717, 1.165) is 25.3 Å². The zero-order valence-electron chi connectivity index (χ0n) is 14.0. The maximum absolute atomic E-state index is 12.3. The largest absolute Gasteiger partial charge is 0.465 e. The van der Waals surface area contributed by atoms with E-state index in [2.05, 4.69) is 17.1 Å². The molecule has 0 bridgehead atoms. The second-order valence-electron chi connectivity index (χ2n) is 7.10. The zero-order valence-corrected chi connectivity index (χ0v) is 14.0. The maximum atomic E-state index is 12.3. The first-order valence-corrected chi connectivity index (χ1v) is 8.71. The summed E-state index contributed by atoms with van der Waals surface area (Å²) >= 11 is 0. The minimum atomic E-state index is -0.500. The van der Waals surface area contributed by atoms with E-state index in [4.69, 9.17) is 4.74 Å². The van der Waals surface area contributed by atoms with E-state index in [1.165, 1.54) is 38.8 Å². The summed E-state index contributed by atoms with van der Waals surface area (Å²) in [6.07, 6.45) is 6.95. The Hall–Kier alpha value is -0.610. The second kappa shape index (κ2) is 7.59. The number of esters is 1. The van der Waals surface area contributed by atoms with Crippen LogP contribution in [0.5, 0.6) is 0 Å². The molecule has 1 atom stereocenters. The van der Waals surface area contributed by atoms with Crippen molar-refractivity contribution < 1.29 is 9.53 Å². The van der Waals surface area contributed by atoms with E-state index in [1.54, 1.807) is 0 Å². The molecule has 4 heteroatoms. The summed E-state index contributed by atoms with van der Waals surface area (Å²) in [7, 11) is 0. The smallest absolute Gasteiger partial charge is 0.326 e. The van der Waals surface area contributed by atoms with E-state index in [0.29, 0.717) is 12.6 Å². The Bertz CT molecular complexity index is 336. The molecule has 4 nitrogen and oxygen atoms in total. The van der Waals surface area contributed by atoms with Crippen molar-refractivity contribution in [2.45, 2.75) is 70.9 Å². The van der Waals surface area contributed by atoms with Crippen molar-refractivity contribution in [3.63, 3.8) is 0 Å². The van der Waals surface area contributed by atoms with Gasteiger partial charge in [-0.25, -0.2) is 0 Å². The van der Waals surface area contributed by atoms with Crippen molar-refractivity contribution in [2.24, 2.45) is 5.92 Å². The van der Waals surface area contributed by atoms with Crippen LogP contribution in [0.2, 0.25) is 0 Å². The number of carbonyl (C=O) groups excluding carboxylic acids is 1. The summed E-state index contributed by atoms with van der Waals surface area (Å²) in [5.41, 5.74) is -0.500. The van der Waals surface area contributed by atoms with Crippen LogP contribution in [0.4, 0.5) is 0 Å². The quantitative estimate of drug-likeness (QED) is 0.699. The van der Waals surface area contributed by atoms with Gasteiger partial charge in [-0.2, -0.15) is 0 Å². The monoisotopic (exact) mass is 296 g/mol. The van der Waals surface area contributed by atoms with E-state index in [-0.39, 0.29) is 5.97 Å². The number of rotatable bonds is 8. The Balaban J connectivity index is 1.76. The van der Waals surface area contributed by atoms with Crippen molar-refractivity contribution in [1.82, 2.24) is 10.2 Å². The second-order valence-corrected chi connectivity index (χ2v) is 7.10. The molecule has 0 radical (unpaired) electrons. The summed E-state index contributed by atoms with van der Waals surface area (Å²) in [5.74, 6) is 0.798. The van der Waals surface area contributed by atoms with Gasteiger partial charge in [0.25, 0.3) is 0 Å². The number of nitrogens with one attached hydrogen (secondary N) is 1. The number of hydrogen-bond donors (Lipinski definition) is 1. The average molecular weight is 296 g/mol. The van der Waals surface area contributed by atoms with Gasteiger partial charge in [-0.15, -0.1) is 0 Å². The molecule has 0 aromatic carbocycles. The molecule has 0 aromatic rings. The lowest BCUT2D eigenvalue weighted by Gasteiger charge is -2.32.